The molecule has 1 aliphatic rings. The van der Waals surface area contributed by atoms with Gasteiger partial charge in [-0.2, -0.15) is 5.10 Å². The maximum absolute atomic E-state index is 11.2. The molecule has 0 fully saturated rings. The monoisotopic (exact) mass is 272 g/mol. The van der Waals surface area contributed by atoms with E-state index >= 15 is 0 Å². The summed E-state index contributed by atoms with van der Waals surface area (Å²) < 4.78 is 12.5. The Kier molecular flexibility index (Phi) is 3.18. The first-order valence-corrected chi connectivity index (χ1v) is 6.60. The highest BCUT2D eigenvalue weighted by atomic mass is 16.7. The van der Waals surface area contributed by atoms with E-state index in [0.29, 0.717) is 22.9 Å². The molecule has 0 unspecified atom stereocenters. The van der Waals surface area contributed by atoms with E-state index in [1.54, 1.807) is 6.20 Å². The fraction of sp³-hybridized carbons (Fsp3) is 0.333. The van der Waals surface area contributed by atoms with Gasteiger partial charge in [-0.25, -0.2) is 0 Å². The van der Waals surface area contributed by atoms with Crippen LogP contribution in [0.1, 0.15) is 24.2 Å². The minimum atomic E-state index is 0.237. The van der Waals surface area contributed by atoms with E-state index in [1.165, 1.54) is 0 Å². The summed E-state index contributed by atoms with van der Waals surface area (Å²) >= 11 is 0. The van der Waals surface area contributed by atoms with Gasteiger partial charge in [0.1, 0.15) is 5.69 Å². The van der Waals surface area contributed by atoms with E-state index in [0.717, 1.165) is 24.1 Å². The smallest absolute Gasteiger partial charge is 0.231 e. The Morgan fingerprint density at radius 1 is 1.35 bits per heavy atom. The molecule has 0 aliphatic carbocycles. The van der Waals surface area contributed by atoms with Crippen molar-refractivity contribution in [1.82, 2.24) is 9.78 Å². The summed E-state index contributed by atoms with van der Waals surface area (Å²) in [6, 6.07) is 5.59. The number of aromatic nitrogens is 2. The zero-order chi connectivity index (χ0) is 14.1. The zero-order valence-electron chi connectivity index (χ0n) is 11.5. The Bertz CT molecular complexity index is 647. The molecule has 1 aliphatic heterocycles. The van der Waals surface area contributed by atoms with Gasteiger partial charge in [-0.1, -0.05) is 13.8 Å². The van der Waals surface area contributed by atoms with E-state index < -0.39 is 0 Å². The third-order valence-corrected chi connectivity index (χ3v) is 3.12. The number of nitrogens with zero attached hydrogens (tertiary/aromatic N) is 2. The third-order valence-electron chi connectivity index (χ3n) is 3.12. The van der Waals surface area contributed by atoms with Crippen LogP contribution in [0.3, 0.4) is 0 Å². The fourth-order valence-corrected chi connectivity index (χ4v) is 2.26. The van der Waals surface area contributed by atoms with Crippen molar-refractivity contribution in [3.05, 3.63) is 30.0 Å². The second-order valence-electron chi connectivity index (χ2n) is 5.23. The summed E-state index contributed by atoms with van der Waals surface area (Å²) in [7, 11) is 0. The Morgan fingerprint density at radius 2 is 2.15 bits per heavy atom. The molecule has 104 valence electrons. The summed E-state index contributed by atoms with van der Waals surface area (Å²) in [4.78, 5) is 11.2. The first kappa shape index (κ1) is 12.7. The molecular formula is C15H16N2O3. The highest BCUT2D eigenvalue weighted by Gasteiger charge is 2.17. The molecule has 0 N–H and O–H groups in total. The van der Waals surface area contributed by atoms with Crippen LogP contribution in [-0.2, 0) is 6.54 Å². The second kappa shape index (κ2) is 5.00. The Labute approximate surface area is 117 Å². The Balaban J connectivity index is 2.00. The molecule has 1 aromatic heterocycles. The van der Waals surface area contributed by atoms with E-state index in [4.69, 9.17) is 9.47 Å². The maximum atomic E-state index is 11.2. The lowest BCUT2D eigenvalue weighted by Crippen LogP contribution is -2.04. The number of benzene rings is 1. The first-order chi connectivity index (χ1) is 9.67. The van der Waals surface area contributed by atoms with Gasteiger partial charge >= 0.3 is 0 Å². The van der Waals surface area contributed by atoms with Crippen LogP contribution in [0.4, 0.5) is 0 Å². The minimum Gasteiger partial charge on any atom is -0.454 e. The van der Waals surface area contributed by atoms with Gasteiger partial charge in [0.25, 0.3) is 0 Å². The predicted molar refractivity (Wildman–Crippen MR) is 74.0 cm³/mol. The molecule has 0 spiro atoms. The van der Waals surface area contributed by atoms with E-state index in [2.05, 4.69) is 18.9 Å². The quantitative estimate of drug-likeness (QED) is 0.803. The van der Waals surface area contributed by atoms with Gasteiger partial charge in [0, 0.05) is 18.3 Å². The van der Waals surface area contributed by atoms with Crippen molar-refractivity contribution < 1.29 is 14.3 Å². The van der Waals surface area contributed by atoms with Crippen LogP contribution in [0.25, 0.3) is 11.3 Å². The summed E-state index contributed by atoms with van der Waals surface area (Å²) in [6.45, 7) is 5.25. The topological polar surface area (TPSA) is 53.4 Å². The lowest BCUT2D eigenvalue weighted by molar-refractivity contribution is 0.112. The van der Waals surface area contributed by atoms with Crippen LogP contribution < -0.4 is 9.47 Å². The molecule has 0 saturated heterocycles. The van der Waals surface area contributed by atoms with Crippen molar-refractivity contribution in [2.45, 2.75) is 20.4 Å². The Morgan fingerprint density at radius 3 is 2.90 bits per heavy atom. The third kappa shape index (κ3) is 2.27. The van der Waals surface area contributed by atoms with Gasteiger partial charge in [0.2, 0.25) is 6.79 Å². The molecule has 0 atom stereocenters. The number of carbonyl (C=O) groups excluding carboxylic acids is 1. The molecule has 20 heavy (non-hydrogen) atoms. The number of ether oxygens (including phenoxy) is 2. The number of hydrogen-bond acceptors (Lipinski definition) is 4. The number of hydrogen-bond donors (Lipinski definition) is 0. The minimum absolute atomic E-state index is 0.237. The second-order valence-corrected chi connectivity index (χ2v) is 5.23. The van der Waals surface area contributed by atoms with E-state index in [9.17, 15) is 4.79 Å². The SMILES string of the molecule is CC(C)Cn1cc(C=O)c(-c2ccc3c(c2)OCO3)n1. The molecule has 5 heteroatoms. The van der Waals surface area contributed by atoms with Gasteiger partial charge in [0.15, 0.2) is 17.8 Å². The lowest BCUT2D eigenvalue weighted by atomic mass is 10.1. The standard InChI is InChI=1S/C15H16N2O3/c1-10(2)6-17-7-12(8-18)15(16-17)11-3-4-13-14(5-11)20-9-19-13/h3-5,7-8,10H,6,9H2,1-2H3. The highest BCUT2D eigenvalue weighted by molar-refractivity contribution is 5.85. The van der Waals surface area contributed by atoms with Gasteiger partial charge in [-0.05, 0) is 24.1 Å². The van der Waals surface area contributed by atoms with Crippen LogP contribution in [0.15, 0.2) is 24.4 Å². The van der Waals surface area contributed by atoms with Crippen LogP contribution in [-0.4, -0.2) is 22.9 Å². The average molecular weight is 272 g/mol. The summed E-state index contributed by atoms with van der Waals surface area (Å²) in [5, 5.41) is 4.51. The van der Waals surface area contributed by atoms with Crippen molar-refractivity contribution in [2.24, 2.45) is 5.92 Å². The zero-order valence-corrected chi connectivity index (χ0v) is 11.5. The number of aldehydes is 1. The summed E-state index contributed by atoms with van der Waals surface area (Å²) in [6.07, 6.45) is 2.62. The molecular weight excluding hydrogens is 256 g/mol. The molecule has 5 nitrogen and oxygen atoms in total. The lowest BCUT2D eigenvalue weighted by Gasteiger charge is -2.04. The van der Waals surface area contributed by atoms with Gasteiger partial charge in [0.05, 0.1) is 5.56 Å². The largest absolute Gasteiger partial charge is 0.454 e. The normalized spacial score (nSPS) is 12.9. The summed E-state index contributed by atoms with van der Waals surface area (Å²) in [5.41, 5.74) is 2.13. The van der Waals surface area contributed by atoms with Gasteiger partial charge in [-0.15, -0.1) is 0 Å². The maximum Gasteiger partial charge on any atom is 0.231 e. The fourth-order valence-electron chi connectivity index (χ4n) is 2.26. The van der Waals surface area contributed by atoms with Crippen molar-refractivity contribution in [1.29, 1.82) is 0 Å². The van der Waals surface area contributed by atoms with Crippen LogP contribution >= 0.6 is 0 Å². The predicted octanol–water partition coefficient (Wildman–Crippen LogP) is 2.75. The van der Waals surface area contributed by atoms with Crippen LogP contribution in [0, 0.1) is 5.92 Å². The molecule has 1 aromatic carbocycles. The molecule has 2 aromatic rings. The van der Waals surface area contributed by atoms with Crippen molar-refractivity contribution in [3.8, 4) is 22.8 Å². The molecule has 3 rings (SSSR count). The molecule has 0 bridgehead atoms. The molecule has 2 heterocycles. The first-order valence-electron chi connectivity index (χ1n) is 6.60. The number of fused-ring (bicyclic) bond motifs is 1. The van der Waals surface area contributed by atoms with E-state index in [1.807, 2.05) is 22.9 Å². The number of carbonyl (C=O) groups is 1. The Hall–Kier alpha value is -2.30. The summed E-state index contributed by atoms with van der Waals surface area (Å²) in [5.74, 6) is 1.89. The van der Waals surface area contributed by atoms with Gasteiger partial charge < -0.3 is 9.47 Å². The molecule has 0 saturated carbocycles. The van der Waals surface area contributed by atoms with E-state index in [-0.39, 0.29) is 6.79 Å². The molecule has 0 amide bonds. The number of rotatable bonds is 4. The average Bonchev–Trinajstić information content (AvgIpc) is 3.02. The van der Waals surface area contributed by atoms with Crippen molar-refractivity contribution in [2.75, 3.05) is 6.79 Å². The highest BCUT2D eigenvalue weighted by Crippen LogP contribution is 2.36. The van der Waals surface area contributed by atoms with Crippen LogP contribution in [0.5, 0.6) is 11.5 Å². The van der Waals surface area contributed by atoms with Gasteiger partial charge in [-0.3, -0.25) is 9.48 Å². The van der Waals surface area contributed by atoms with Crippen molar-refractivity contribution >= 4 is 6.29 Å². The molecule has 0 radical (unpaired) electrons. The van der Waals surface area contributed by atoms with Crippen molar-refractivity contribution in [3.63, 3.8) is 0 Å². The van der Waals surface area contributed by atoms with Crippen LogP contribution in [0.2, 0.25) is 0 Å².